The van der Waals surface area contributed by atoms with E-state index in [1.807, 2.05) is 20.8 Å². The van der Waals surface area contributed by atoms with Crippen LogP contribution in [-0.2, 0) is 14.8 Å². The van der Waals surface area contributed by atoms with Crippen LogP contribution in [0.3, 0.4) is 0 Å². The second-order valence-corrected chi connectivity index (χ2v) is 8.54. The van der Waals surface area contributed by atoms with Crippen LogP contribution >= 0.6 is 11.3 Å². The van der Waals surface area contributed by atoms with Gasteiger partial charge in [0.1, 0.15) is 0 Å². The van der Waals surface area contributed by atoms with E-state index in [1.165, 1.54) is 6.92 Å². The largest absolute Gasteiger partial charge is 0.330 e. The highest BCUT2D eigenvalue weighted by molar-refractivity contribution is 7.91. The molecule has 1 unspecified atom stereocenters. The third-order valence-corrected chi connectivity index (χ3v) is 5.40. The van der Waals surface area contributed by atoms with E-state index in [2.05, 4.69) is 20.2 Å². The molecule has 10 heteroatoms. The fourth-order valence-corrected chi connectivity index (χ4v) is 4.03. The number of nitrogens with one attached hydrogen (secondary N) is 2. The van der Waals surface area contributed by atoms with Crippen molar-refractivity contribution < 1.29 is 13.2 Å². The molecule has 1 heterocycles. The Hall–Kier alpha value is -1.10. The third-order valence-electron chi connectivity index (χ3n) is 2.72. The lowest BCUT2D eigenvalue weighted by atomic mass is 9.85. The van der Waals surface area contributed by atoms with Gasteiger partial charge in [0.15, 0.2) is 0 Å². The van der Waals surface area contributed by atoms with Gasteiger partial charge in [-0.3, -0.25) is 4.79 Å². The summed E-state index contributed by atoms with van der Waals surface area (Å²) in [6.45, 7) is 7.47. The summed E-state index contributed by atoms with van der Waals surface area (Å²) >= 11 is 0.803. The van der Waals surface area contributed by atoms with Gasteiger partial charge in [0.25, 0.3) is 10.0 Å². The summed E-state index contributed by atoms with van der Waals surface area (Å²) in [5, 5.41) is 9.79. The predicted octanol–water partition coefficient (Wildman–Crippen LogP) is 0.538. The fraction of sp³-hybridized carbons (Fsp3) is 0.727. The number of nitrogens with zero attached hydrogens (tertiary/aromatic N) is 2. The van der Waals surface area contributed by atoms with Crippen LogP contribution in [0.15, 0.2) is 4.34 Å². The maximum Gasteiger partial charge on any atom is 0.270 e. The Labute approximate surface area is 128 Å². The number of hydrogen-bond acceptors (Lipinski definition) is 7. The Morgan fingerprint density at radius 2 is 2.00 bits per heavy atom. The number of nitrogens with two attached hydrogens (primary N) is 1. The highest BCUT2D eigenvalue weighted by atomic mass is 32.2. The van der Waals surface area contributed by atoms with E-state index in [0.717, 1.165) is 11.3 Å². The summed E-state index contributed by atoms with van der Waals surface area (Å²) < 4.78 is 27.0. The van der Waals surface area contributed by atoms with Gasteiger partial charge in [-0.1, -0.05) is 32.1 Å². The molecule has 0 fully saturated rings. The first kappa shape index (κ1) is 18.0. The van der Waals surface area contributed by atoms with Gasteiger partial charge in [0.05, 0.1) is 0 Å². The van der Waals surface area contributed by atoms with E-state index in [9.17, 15) is 13.2 Å². The Morgan fingerprint density at radius 1 is 1.38 bits per heavy atom. The van der Waals surface area contributed by atoms with Crippen LogP contribution in [0.25, 0.3) is 0 Å². The summed E-state index contributed by atoms with van der Waals surface area (Å²) in [4.78, 5) is 10.9. The minimum absolute atomic E-state index is 0.147. The van der Waals surface area contributed by atoms with Crippen LogP contribution in [0.4, 0.5) is 5.13 Å². The van der Waals surface area contributed by atoms with Gasteiger partial charge in [-0.05, 0) is 18.4 Å². The van der Waals surface area contributed by atoms with Crippen molar-refractivity contribution in [3.63, 3.8) is 0 Å². The van der Waals surface area contributed by atoms with Crippen molar-refractivity contribution in [1.29, 1.82) is 0 Å². The summed E-state index contributed by atoms with van der Waals surface area (Å²) in [5.41, 5.74) is 5.25. The lowest BCUT2D eigenvalue weighted by Gasteiger charge is -2.30. The molecule has 1 atom stereocenters. The van der Waals surface area contributed by atoms with Crippen molar-refractivity contribution in [2.45, 2.75) is 44.5 Å². The first-order chi connectivity index (χ1) is 9.56. The molecule has 1 rings (SSSR count). The summed E-state index contributed by atoms with van der Waals surface area (Å²) in [7, 11) is -3.79. The number of amides is 1. The zero-order valence-electron chi connectivity index (χ0n) is 12.5. The third kappa shape index (κ3) is 5.30. The van der Waals surface area contributed by atoms with Crippen molar-refractivity contribution in [3.8, 4) is 0 Å². The SMILES string of the molecule is CC(=O)Nc1nnc(S(=O)(=O)NC(CCN)C(C)(C)C)s1. The number of anilines is 1. The molecule has 120 valence electrons. The highest BCUT2D eigenvalue weighted by Crippen LogP contribution is 2.25. The monoisotopic (exact) mass is 335 g/mol. The quantitative estimate of drug-likeness (QED) is 0.651. The van der Waals surface area contributed by atoms with Gasteiger partial charge in [-0.15, -0.1) is 10.2 Å². The van der Waals surface area contributed by atoms with Gasteiger partial charge in [0.2, 0.25) is 15.4 Å². The summed E-state index contributed by atoms with van der Waals surface area (Å²) in [5.74, 6) is -0.334. The van der Waals surface area contributed by atoms with Crippen molar-refractivity contribution in [1.82, 2.24) is 14.9 Å². The number of sulfonamides is 1. The molecular formula is C11H21N5O3S2. The molecule has 1 aromatic heterocycles. The van der Waals surface area contributed by atoms with Crippen LogP contribution in [0.5, 0.6) is 0 Å². The lowest BCUT2D eigenvalue weighted by molar-refractivity contribution is -0.114. The molecule has 0 radical (unpaired) electrons. The van der Waals surface area contributed by atoms with Gasteiger partial charge < -0.3 is 11.1 Å². The average molecular weight is 335 g/mol. The number of hydrogen-bond donors (Lipinski definition) is 3. The van der Waals surface area contributed by atoms with Crippen LogP contribution in [0.1, 0.15) is 34.1 Å². The molecule has 1 aromatic rings. The highest BCUT2D eigenvalue weighted by Gasteiger charge is 2.31. The molecule has 4 N–H and O–H groups in total. The van der Waals surface area contributed by atoms with E-state index in [1.54, 1.807) is 0 Å². The zero-order valence-corrected chi connectivity index (χ0v) is 14.1. The molecule has 0 aliphatic heterocycles. The molecule has 1 amide bonds. The first-order valence-corrected chi connectivity index (χ1v) is 8.69. The maximum atomic E-state index is 12.3. The van der Waals surface area contributed by atoms with Crippen LogP contribution in [-0.4, -0.2) is 37.1 Å². The standard InChI is InChI=1S/C11H21N5O3S2/c1-7(17)13-9-14-15-10(20-9)21(18,19)16-8(5-6-12)11(2,3)4/h8,16H,5-6,12H2,1-4H3,(H,13,14,17). The second kappa shape index (κ2) is 6.77. The van der Waals surface area contributed by atoms with Gasteiger partial charge in [-0.25, -0.2) is 13.1 Å². The molecular weight excluding hydrogens is 314 g/mol. The van der Waals surface area contributed by atoms with E-state index in [4.69, 9.17) is 5.73 Å². The van der Waals surface area contributed by atoms with E-state index >= 15 is 0 Å². The van der Waals surface area contributed by atoms with Crippen LogP contribution in [0.2, 0.25) is 0 Å². The number of carbonyl (C=O) groups excluding carboxylic acids is 1. The number of aromatic nitrogens is 2. The first-order valence-electron chi connectivity index (χ1n) is 6.40. The van der Waals surface area contributed by atoms with E-state index < -0.39 is 10.0 Å². The van der Waals surface area contributed by atoms with Crippen molar-refractivity contribution in [2.24, 2.45) is 11.1 Å². The molecule has 0 aromatic carbocycles. The number of rotatable bonds is 6. The van der Waals surface area contributed by atoms with Gasteiger partial charge >= 0.3 is 0 Å². The topological polar surface area (TPSA) is 127 Å². The van der Waals surface area contributed by atoms with Crippen LogP contribution < -0.4 is 15.8 Å². The molecule has 0 aliphatic carbocycles. The Kier molecular flexibility index (Phi) is 5.79. The molecule has 0 saturated carbocycles. The Balaban J connectivity index is 2.94. The van der Waals surface area contributed by atoms with E-state index in [0.29, 0.717) is 13.0 Å². The minimum Gasteiger partial charge on any atom is -0.330 e. The normalized spacial score (nSPS) is 14.0. The number of carbonyl (C=O) groups is 1. The molecule has 21 heavy (non-hydrogen) atoms. The second-order valence-electron chi connectivity index (χ2n) is 5.67. The molecule has 0 aliphatic rings. The molecule has 8 nitrogen and oxygen atoms in total. The zero-order chi connectivity index (χ0) is 16.3. The van der Waals surface area contributed by atoms with Crippen molar-refractivity contribution in [3.05, 3.63) is 0 Å². The fourth-order valence-electron chi connectivity index (χ4n) is 1.59. The summed E-state index contributed by atoms with van der Waals surface area (Å²) in [6.07, 6.45) is 0.514. The Bertz CT molecular complexity index is 591. The average Bonchev–Trinajstić information content (AvgIpc) is 2.75. The minimum atomic E-state index is -3.79. The van der Waals surface area contributed by atoms with Gasteiger partial charge in [0, 0.05) is 13.0 Å². The predicted molar refractivity (Wildman–Crippen MR) is 81.4 cm³/mol. The molecule has 0 bridgehead atoms. The maximum absolute atomic E-state index is 12.3. The van der Waals surface area contributed by atoms with Gasteiger partial charge in [-0.2, -0.15) is 0 Å². The van der Waals surface area contributed by atoms with Crippen molar-refractivity contribution in [2.75, 3.05) is 11.9 Å². The molecule has 0 spiro atoms. The van der Waals surface area contributed by atoms with Crippen molar-refractivity contribution >= 4 is 32.4 Å². The summed E-state index contributed by atoms with van der Waals surface area (Å²) in [6, 6.07) is -0.319. The van der Waals surface area contributed by atoms with E-state index in [-0.39, 0.29) is 26.8 Å². The smallest absolute Gasteiger partial charge is 0.270 e. The lowest BCUT2D eigenvalue weighted by Crippen LogP contribution is -2.44. The van der Waals surface area contributed by atoms with Crippen LogP contribution in [0, 0.1) is 5.41 Å². The molecule has 0 saturated heterocycles. The Morgan fingerprint density at radius 3 is 2.48 bits per heavy atom.